The number of nitrogens with two attached hydrogens (primary N) is 1. The van der Waals surface area contributed by atoms with Gasteiger partial charge in [-0.25, -0.2) is 0 Å². The molecule has 0 aliphatic carbocycles. The summed E-state index contributed by atoms with van der Waals surface area (Å²) in [5.74, 6) is 0. The van der Waals surface area contributed by atoms with Crippen LogP contribution >= 0.6 is 0 Å². The molecule has 6 heteroatoms. The fourth-order valence-electron chi connectivity index (χ4n) is 1.04. The molecule has 0 saturated carbocycles. The molecule has 1 aromatic rings. The number of rotatable bonds is 3. The third-order valence-electron chi connectivity index (χ3n) is 1.51. The molecule has 1 aromatic carbocycles. The molecule has 0 atom stereocenters. The molecule has 0 aromatic heterocycles. The average Bonchev–Trinajstić information content (AvgIpc) is 2.18. The minimum atomic E-state index is -0.397. The van der Waals surface area contributed by atoms with E-state index in [1.807, 2.05) is 19.9 Å². The molecule has 0 radical (unpaired) electrons. The van der Waals surface area contributed by atoms with Crippen LogP contribution in [0.3, 0.4) is 0 Å². The Morgan fingerprint density at radius 3 is 2.56 bits per heavy atom. The summed E-state index contributed by atoms with van der Waals surface area (Å²) < 4.78 is 0. The number of nitrogens with one attached hydrogen (secondary N) is 1. The first-order chi connectivity index (χ1) is 7.51. The van der Waals surface area contributed by atoms with Crippen LogP contribution in [0.15, 0.2) is 24.3 Å². The summed E-state index contributed by atoms with van der Waals surface area (Å²) in [4.78, 5) is 10.0. The van der Waals surface area contributed by atoms with Gasteiger partial charge < -0.3 is 16.2 Å². The molecule has 0 spiro atoms. The normalized spacial score (nSPS) is 9.31. The van der Waals surface area contributed by atoms with Gasteiger partial charge in [0.05, 0.1) is 11.7 Å². The Labute approximate surface area is 94.2 Å². The molecule has 0 amide bonds. The molecular weight excluding hydrogens is 210 g/mol. The summed E-state index contributed by atoms with van der Waals surface area (Å²) in [6.07, 6.45) is 0. The van der Waals surface area contributed by atoms with Gasteiger partial charge in [0, 0.05) is 23.9 Å². The van der Waals surface area contributed by atoms with Gasteiger partial charge in [-0.2, -0.15) is 0 Å². The Morgan fingerprint density at radius 1 is 1.56 bits per heavy atom. The second-order valence-corrected chi connectivity index (χ2v) is 3.29. The van der Waals surface area contributed by atoms with Crippen LogP contribution < -0.4 is 11.1 Å². The zero-order valence-electron chi connectivity index (χ0n) is 9.38. The van der Waals surface area contributed by atoms with Crippen molar-refractivity contribution in [3.05, 3.63) is 34.4 Å². The van der Waals surface area contributed by atoms with E-state index in [1.165, 1.54) is 12.1 Å². The molecule has 90 valence electrons. The predicted molar refractivity (Wildman–Crippen MR) is 63.1 cm³/mol. The van der Waals surface area contributed by atoms with Gasteiger partial charge in [0.2, 0.25) is 0 Å². The number of nitro benzene ring substituents is 1. The van der Waals surface area contributed by atoms with Gasteiger partial charge in [-0.1, -0.05) is 6.07 Å². The first-order valence-electron chi connectivity index (χ1n) is 4.83. The van der Waals surface area contributed by atoms with Crippen molar-refractivity contribution in [2.75, 3.05) is 12.0 Å². The molecule has 0 aliphatic rings. The average molecular weight is 227 g/mol. The summed E-state index contributed by atoms with van der Waals surface area (Å²) in [6.45, 7) is 3.72. The smallest absolute Gasteiger partial charge is 0.271 e. The van der Waals surface area contributed by atoms with Crippen molar-refractivity contribution in [1.29, 1.82) is 0 Å². The zero-order chi connectivity index (χ0) is 12.6. The van der Waals surface area contributed by atoms with Gasteiger partial charge in [-0.15, -0.1) is 0 Å². The van der Waals surface area contributed by atoms with Crippen LogP contribution in [-0.4, -0.2) is 22.8 Å². The fourth-order valence-corrected chi connectivity index (χ4v) is 1.04. The lowest BCUT2D eigenvalue weighted by molar-refractivity contribution is -0.384. The van der Waals surface area contributed by atoms with Crippen LogP contribution in [0.5, 0.6) is 0 Å². The first-order valence-corrected chi connectivity index (χ1v) is 4.83. The summed E-state index contributed by atoms with van der Waals surface area (Å²) in [6, 6.07) is 6.77. The van der Waals surface area contributed by atoms with E-state index in [4.69, 9.17) is 5.11 Å². The van der Waals surface area contributed by atoms with Crippen LogP contribution in [0.4, 0.5) is 11.4 Å². The molecule has 1 rings (SSSR count). The number of nitrogens with zero attached hydrogens (tertiary/aromatic N) is 1. The van der Waals surface area contributed by atoms with E-state index in [0.29, 0.717) is 0 Å². The highest BCUT2D eigenvalue weighted by Crippen LogP contribution is 2.17. The van der Waals surface area contributed by atoms with E-state index >= 15 is 0 Å². The zero-order valence-corrected chi connectivity index (χ0v) is 9.38. The van der Waals surface area contributed by atoms with E-state index in [0.717, 1.165) is 5.69 Å². The lowest BCUT2D eigenvalue weighted by Gasteiger charge is -2.08. The van der Waals surface area contributed by atoms with Crippen molar-refractivity contribution < 1.29 is 10.0 Å². The van der Waals surface area contributed by atoms with Crippen molar-refractivity contribution in [3.63, 3.8) is 0 Å². The van der Waals surface area contributed by atoms with Crippen LogP contribution in [0.2, 0.25) is 0 Å². The molecule has 0 saturated heterocycles. The number of aliphatic hydroxyl groups is 1. The molecule has 0 unspecified atom stereocenters. The Kier molecular flexibility index (Phi) is 6.82. The highest BCUT2D eigenvalue weighted by atomic mass is 16.6. The summed E-state index contributed by atoms with van der Waals surface area (Å²) >= 11 is 0. The molecule has 0 aliphatic heterocycles. The summed E-state index contributed by atoms with van der Waals surface area (Å²) in [7, 11) is 0. The largest absolute Gasteiger partial charge is 0.383 e. The van der Waals surface area contributed by atoms with Gasteiger partial charge in [-0.05, 0) is 19.9 Å². The maximum Gasteiger partial charge on any atom is 0.271 e. The number of anilines is 1. The van der Waals surface area contributed by atoms with Gasteiger partial charge in [0.1, 0.15) is 0 Å². The Balaban J connectivity index is 0.000000673. The highest BCUT2D eigenvalue weighted by Gasteiger charge is 2.05. The van der Waals surface area contributed by atoms with Gasteiger partial charge in [-0.3, -0.25) is 10.1 Å². The first kappa shape index (κ1) is 14.3. The van der Waals surface area contributed by atoms with E-state index in [9.17, 15) is 10.1 Å². The third-order valence-corrected chi connectivity index (χ3v) is 1.51. The summed E-state index contributed by atoms with van der Waals surface area (Å²) in [5.41, 5.74) is 5.30. The Morgan fingerprint density at radius 2 is 2.12 bits per heavy atom. The fraction of sp³-hybridized carbons (Fsp3) is 0.400. The number of nitro groups is 1. The third kappa shape index (κ3) is 5.94. The van der Waals surface area contributed by atoms with E-state index in [1.54, 1.807) is 6.07 Å². The van der Waals surface area contributed by atoms with E-state index < -0.39 is 4.92 Å². The Bertz CT molecular complexity index is 329. The quantitative estimate of drug-likeness (QED) is 0.410. The molecule has 0 bridgehead atoms. The van der Waals surface area contributed by atoms with Crippen molar-refractivity contribution in [3.8, 4) is 0 Å². The van der Waals surface area contributed by atoms with Crippen LogP contribution in [0, 0.1) is 10.1 Å². The van der Waals surface area contributed by atoms with E-state index in [-0.39, 0.29) is 18.5 Å². The van der Waals surface area contributed by atoms with Gasteiger partial charge in [0.15, 0.2) is 0 Å². The lowest BCUT2D eigenvalue weighted by atomic mass is 10.2. The van der Waals surface area contributed by atoms with Crippen molar-refractivity contribution >= 4 is 11.4 Å². The second-order valence-electron chi connectivity index (χ2n) is 3.29. The predicted octanol–water partition coefficient (Wildman–Crippen LogP) is 1.31. The number of non-ortho nitro benzene ring substituents is 1. The van der Waals surface area contributed by atoms with Crippen LogP contribution in [0.25, 0.3) is 0 Å². The van der Waals surface area contributed by atoms with Crippen LogP contribution in [0.1, 0.15) is 13.8 Å². The topological polar surface area (TPSA) is 101 Å². The van der Waals surface area contributed by atoms with Gasteiger partial charge >= 0.3 is 0 Å². The second kappa shape index (κ2) is 7.61. The monoisotopic (exact) mass is 227 g/mol. The molecule has 4 N–H and O–H groups in total. The minimum absolute atomic E-state index is 0.116. The van der Waals surface area contributed by atoms with Crippen molar-refractivity contribution in [2.45, 2.75) is 19.9 Å². The molecule has 0 heterocycles. The highest BCUT2D eigenvalue weighted by molar-refractivity contribution is 5.51. The van der Waals surface area contributed by atoms with E-state index in [2.05, 4.69) is 11.1 Å². The van der Waals surface area contributed by atoms with Crippen molar-refractivity contribution in [2.24, 2.45) is 5.73 Å². The standard InChI is InChI=1S/C9H12N2O2.CH5NO/c1-7(2)10-8-4-3-5-9(6-8)11(12)13;2-1-3/h3-7,10H,1-2H3;3H,1-2H2. The Hall–Kier alpha value is -1.66. The molecular formula is C10H17N3O3. The molecule has 6 nitrogen and oxygen atoms in total. The lowest BCUT2D eigenvalue weighted by Crippen LogP contribution is -2.09. The number of aliphatic hydroxyl groups excluding tert-OH is 1. The molecule has 0 fully saturated rings. The summed E-state index contributed by atoms with van der Waals surface area (Å²) in [5, 5.41) is 20.9. The molecule has 16 heavy (non-hydrogen) atoms. The SMILES string of the molecule is CC(C)Nc1cccc([N+](=O)[O-])c1.NCO. The number of hydrogen-bond donors (Lipinski definition) is 3. The maximum absolute atomic E-state index is 10.4. The van der Waals surface area contributed by atoms with Gasteiger partial charge in [0.25, 0.3) is 5.69 Å². The minimum Gasteiger partial charge on any atom is -0.383 e. The number of hydrogen-bond acceptors (Lipinski definition) is 5. The number of benzene rings is 1. The van der Waals surface area contributed by atoms with Crippen molar-refractivity contribution in [1.82, 2.24) is 0 Å². The maximum atomic E-state index is 10.4. The van der Waals surface area contributed by atoms with Crippen LogP contribution in [-0.2, 0) is 0 Å².